The Balaban J connectivity index is 1.59. The van der Waals surface area contributed by atoms with Gasteiger partial charge in [-0.1, -0.05) is 43.5 Å². The summed E-state index contributed by atoms with van der Waals surface area (Å²) in [6.07, 6.45) is 8.50. The molecular formula is C19H28N2O. The second-order valence-electron chi connectivity index (χ2n) is 6.96. The molecule has 3 nitrogen and oxygen atoms in total. The maximum Gasteiger partial charge on any atom is 0.236 e. The lowest BCUT2D eigenvalue weighted by Crippen LogP contribution is -2.43. The zero-order chi connectivity index (χ0) is 15.5. The summed E-state index contributed by atoms with van der Waals surface area (Å²) in [6, 6.07) is 9.53. The van der Waals surface area contributed by atoms with Gasteiger partial charge < -0.3 is 4.90 Å². The predicted molar refractivity (Wildman–Crippen MR) is 89.8 cm³/mol. The molecule has 0 bridgehead atoms. The zero-order valence-corrected chi connectivity index (χ0v) is 13.9. The van der Waals surface area contributed by atoms with Gasteiger partial charge in [0.1, 0.15) is 0 Å². The number of hydrogen-bond acceptors (Lipinski definition) is 2. The Kier molecular flexibility index (Phi) is 4.82. The largest absolute Gasteiger partial charge is 0.342 e. The molecule has 0 aromatic heterocycles. The molecule has 0 N–H and O–H groups in total. The van der Waals surface area contributed by atoms with E-state index < -0.39 is 0 Å². The van der Waals surface area contributed by atoms with E-state index in [1.807, 2.05) is 11.9 Å². The number of likely N-dealkylation sites (N-methyl/N-ethyl adjacent to an activating group) is 2. The molecule has 3 heteroatoms. The molecule has 0 heterocycles. The lowest BCUT2D eigenvalue weighted by atomic mass is 9.94. The minimum Gasteiger partial charge on any atom is -0.342 e. The van der Waals surface area contributed by atoms with Crippen molar-refractivity contribution in [3.8, 4) is 0 Å². The first kappa shape index (κ1) is 15.5. The fourth-order valence-corrected chi connectivity index (χ4v) is 4.10. The number of rotatable bonds is 4. The second-order valence-corrected chi connectivity index (χ2v) is 6.96. The first-order valence-corrected chi connectivity index (χ1v) is 8.70. The molecule has 1 aromatic carbocycles. The molecular weight excluding hydrogens is 272 g/mol. The topological polar surface area (TPSA) is 23.6 Å². The number of nitrogens with zero attached hydrogens (tertiary/aromatic N) is 2. The highest BCUT2D eigenvalue weighted by molar-refractivity contribution is 5.78. The highest BCUT2D eigenvalue weighted by Gasteiger charge is 2.28. The van der Waals surface area contributed by atoms with E-state index in [0.29, 0.717) is 18.6 Å². The Morgan fingerprint density at radius 1 is 1.09 bits per heavy atom. The van der Waals surface area contributed by atoms with E-state index in [0.717, 1.165) is 12.8 Å². The summed E-state index contributed by atoms with van der Waals surface area (Å²) in [5, 5.41) is 0. The summed E-state index contributed by atoms with van der Waals surface area (Å²) in [6.45, 7) is 0.534. The predicted octanol–water partition coefficient (Wildman–Crippen LogP) is 3.40. The van der Waals surface area contributed by atoms with Crippen molar-refractivity contribution in [3.63, 3.8) is 0 Å². The molecule has 0 spiro atoms. The molecule has 120 valence electrons. The molecule has 2 aliphatic rings. The summed E-state index contributed by atoms with van der Waals surface area (Å²) >= 11 is 0. The first-order chi connectivity index (χ1) is 10.7. The van der Waals surface area contributed by atoms with E-state index in [2.05, 4.69) is 36.2 Å². The van der Waals surface area contributed by atoms with E-state index >= 15 is 0 Å². The van der Waals surface area contributed by atoms with Gasteiger partial charge in [-0.2, -0.15) is 0 Å². The van der Waals surface area contributed by atoms with Crippen LogP contribution in [0.1, 0.15) is 55.7 Å². The molecule has 0 radical (unpaired) electrons. The van der Waals surface area contributed by atoms with Crippen LogP contribution in [0.25, 0.3) is 0 Å². The maximum atomic E-state index is 12.6. The molecule has 0 aliphatic heterocycles. The van der Waals surface area contributed by atoms with E-state index in [4.69, 9.17) is 0 Å². The van der Waals surface area contributed by atoms with Crippen LogP contribution in [-0.4, -0.2) is 42.4 Å². The van der Waals surface area contributed by atoms with Crippen molar-refractivity contribution in [2.24, 2.45) is 0 Å². The summed E-state index contributed by atoms with van der Waals surface area (Å²) < 4.78 is 0. The van der Waals surface area contributed by atoms with Crippen LogP contribution in [0, 0.1) is 0 Å². The average Bonchev–Trinajstić information content (AvgIpc) is 2.99. The van der Waals surface area contributed by atoms with Gasteiger partial charge in [0.15, 0.2) is 0 Å². The average molecular weight is 300 g/mol. The van der Waals surface area contributed by atoms with Gasteiger partial charge in [0.05, 0.1) is 6.54 Å². The molecule has 3 rings (SSSR count). The monoisotopic (exact) mass is 300 g/mol. The first-order valence-electron chi connectivity index (χ1n) is 8.70. The second kappa shape index (κ2) is 6.82. The summed E-state index contributed by atoms with van der Waals surface area (Å²) in [4.78, 5) is 16.9. The van der Waals surface area contributed by atoms with Crippen LogP contribution in [0.2, 0.25) is 0 Å². The van der Waals surface area contributed by atoms with Crippen molar-refractivity contribution in [3.05, 3.63) is 35.4 Å². The molecule has 0 unspecified atom stereocenters. The van der Waals surface area contributed by atoms with Gasteiger partial charge in [-0.25, -0.2) is 0 Å². The number of amides is 1. The number of carbonyl (C=O) groups is 1. The lowest BCUT2D eigenvalue weighted by molar-refractivity contribution is -0.134. The third kappa shape index (κ3) is 3.19. The Morgan fingerprint density at radius 2 is 1.82 bits per heavy atom. The molecule has 2 aliphatic carbocycles. The van der Waals surface area contributed by atoms with Gasteiger partial charge in [-0.3, -0.25) is 9.69 Å². The number of carbonyl (C=O) groups excluding carboxylic acids is 1. The van der Waals surface area contributed by atoms with Crippen LogP contribution in [-0.2, 0) is 11.2 Å². The van der Waals surface area contributed by atoms with Crippen LogP contribution in [0.15, 0.2) is 24.3 Å². The smallest absolute Gasteiger partial charge is 0.236 e. The number of aryl methyl sites for hydroxylation is 1. The Labute approximate surface area is 134 Å². The maximum absolute atomic E-state index is 12.6. The van der Waals surface area contributed by atoms with Crippen molar-refractivity contribution in [1.29, 1.82) is 0 Å². The lowest BCUT2D eigenvalue weighted by Gasteiger charge is -2.33. The van der Waals surface area contributed by atoms with Crippen LogP contribution in [0.5, 0.6) is 0 Å². The van der Waals surface area contributed by atoms with Gasteiger partial charge in [-0.15, -0.1) is 0 Å². The number of benzene rings is 1. The van der Waals surface area contributed by atoms with Crippen LogP contribution >= 0.6 is 0 Å². The minimum absolute atomic E-state index is 0.277. The van der Waals surface area contributed by atoms with Crippen LogP contribution in [0.3, 0.4) is 0 Å². The summed E-state index contributed by atoms with van der Waals surface area (Å²) in [5.74, 6) is 0.277. The fourth-order valence-electron chi connectivity index (χ4n) is 4.10. The van der Waals surface area contributed by atoms with Gasteiger partial charge in [0, 0.05) is 19.1 Å². The molecule has 1 saturated carbocycles. The van der Waals surface area contributed by atoms with Gasteiger partial charge in [-0.05, 0) is 43.9 Å². The van der Waals surface area contributed by atoms with Gasteiger partial charge >= 0.3 is 0 Å². The molecule has 22 heavy (non-hydrogen) atoms. The Hall–Kier alpha value is -1.35. The van der Waals surface area contributed by atoms with E-state index in [9.17, 15) is 4.79 Å². The van der Waals surface area contributed by atoms with Crippen molar-refractivity contribution in [2.45, 2.75) is 57.0 Å². The summed E-state index contributed by atoms with van der Waals surface area (Å²) in [7, 11) is 4.09. The third-order valence-electron chi connectivity index (χ3n) is 5.53. The SMILES string of the molecule is CN(C(=O)CN(C)[C@@H]1CCc2ccccc21)C1CCCCC1. The summed E-state index contributed by atoms with van der Waals surface area (Å²) in [5.41, 5.74) is 2.87. The number of fused-ring (bicyclic) bond motifs is 1. The van der Waals surface area contributed by atoms with Gasteiger partial charge in [0.2, 0.25) is 5.91 Å². The standard InChI is InChI=1S/C19H28N2O/c1-20(18-13-12-15-8-6-7-11-17(15)18)14-19(22)21(2)16-9-4-3-5-10-16/h6-8,11,16,18H,3-5,9-10,12-14H2,1-2H3/t18-/m1/s1. The molecule has 1 atom stereocenters. The third-order valence-corrected chi connectivity index (χ3v) is 5.53. The number of hydrogen-bond donors (Lipinski definition) is 0. The van der Waals surface area contributed by atoms with E-state index in [1.54, 1.807) is 0 Å². The molecule has 0 saturated heterocycles. The Morgan fingerprint density at radius 3 is 2.59 bits per heavy atom. The minimum atomic E-state index is 0.277. The van der Waals surface area contributed by atoms with Crippen molar-refractivity contribution < 1.29 is 4.79 Å². The van der Waals surface area contributed by atoms with E-state index in [1.165, 1.54) is 43.2 Å². The molecule has 1 amide bonds. The Bertz CT molecular complexity index is 522. The molecule has 1 aromatic rings. The van der Waals surface area contributed by atoms with Crippen molar-refractivity contribution in [1.82, 2.24) is 9.80 Å². The fraction of sp³-hybridized carbons (Fsp3) is 0.632. The zero-order valence-electron chi connectivity index (χ0n) is 13.9. The normalized spacial score (nSPS) is 21.9. The highest BCUT2D eigenvalue weighted by Crippen LogP contribution is 2.34. The quantitative estimate of drug-likeness (QED) is 0.851. The van der Waals surface area contributed by atoms with Crippen molar-refractivity contribution >= 4 is 5.91 Å². The van der Waals surface area contributed by atoms with Crippen LogP contribution < -0.4 is 0 Å². The van der Waals surface area contributed by atoms with Crippen molar-refractivity contribution in [2.75, 3.05) is 20.6 Å². The highest BCUT2D eigenvalue weighted by atomic mass is 16.2. The van der Waals surface area contributed by atoms with Crippen LogP contribution in [0.4, 0.5) is 0 Å². The molecule has 1 fully saturated rings. The van der Waals surface area contributed by atoms with E-state index in [-0.39, 0.29) is 5.91 Å². The van der Waals surface area contributed by atoms with Gasteiger partial charge in [0.25, 0.3) is 0 Å².